The summed E-state index contributed by atoms with van der Waals surface area (Å²) in [5.74, 6) is 0.648. The van der Waals surface area contributed by atoms with Gasteiger partial charge in [0.2, 0.25) is 10.6 Å². The Morgan fingerprint density at radius 2 is 2.06 bits per heavy atom. The molecule has 184 valence electrons. The molecule has 12 nitrogen and oxygen atoms in total. The van der Waals surface area contributed by atoms with Gasteiger partial charge in [0.15, 0.2) is 11.9 Å². The van der Waals surface area contributed by atoms with Crippen molar-refractivity contribution in [3.63, 3.8) is 0 Å². The summed E-state index contributed by atoms with van der Waals surface area (Å²) in [5, 5.41) is 16.2. The molecule has 1 saturated heterocycles. The van der Waals surface area contributed by atoms with Crippen molar-refractivity contribution in [3.8, 4) is 0 Å². The quantitative estimate of drug-likeness (QED) is 0.276. The van der Waals surface area contributed by atoms with Crippen molar-refractivity contribution in [2.24, 2.45) is 0 Å². The zero-order valence-electron chi connectivity index (χ0n) is 18.3. The maximum Gasteiger partial charge on any atom is 0.361 e. The second kappa shape index (κ2) is 10.1. The minimum absolute atomic E-state index is 0.108. The van der Waals surface area contributed by atoms with Crippen LogP contribution in [-0.4, -0.2) is 79.1 Å². The highest BCUT2D eigenvalue weighted by Crippen LogP contribution is 2.51. The van der Waals surface area contributed by atoms with E-state index in [0.717, 1.165) is 18.2 Å². The first-order valence-electron chi connectivity index (χ1n) is 10.9. The fourth-order valence-electron chi connectivity index (χ4n) is 4.34. The second-order valence-electron chi connectivity index (χ2n) is 8.48. The van der Waals surface area contributed by atoms with Crippen LogP contribution in [0.15, 0.2) is 6.20 Å². The van der Waals surface area contributed by atoms with Crippen LogP contribution in [0.3, 0.4) is 0 Å². The first-order valence-corrected chi connectivity index (χ1v) is 12.9. The highest BCUT2D eigenvalue weighted by molar-refractivity contribution is 7.53. The molecule has 0 amide bonds. The van der Waals surface area contributed by atoms with Crippen LogP contribution in [-0.2, 0) is 18.8 Å². The van der Waals surface area contributed by atoms with E-state index in [1.807, 2.05) is 0 Å². The highest BCUT2D eigenvalue weighted by Gasteiger charge is 2.49. The average Bonchev–Trinajstić information content (AvgIpc) is 3.51. The number of aromatic nitrogens is 4. The number of rotatable bonds is 10. The number of methoxy groups -OCH3 is 1. The largest absolute Gasteiger partial charge is 0.393 e. The fraction of sp³-hybridized carbons (Fsp3) is 0.737. The van der Waals surface area contributed by atoms with E-state index in [9.17, 15) is 19.5 Å². The van der Waals surface area contributed by atoms with Gasteiger partial charge in [-0.25, -0.2) is 4.68 Å². The van der Waals surface area contributed by atoms with Crippen molar-refractivity contribution in [1.29, 1.82) is 0 Å². The lowest BCUT2D eigenvalue weighted by molar-refractivity contribution is -0.114. The summed E-state index contributed by atoms with van der Waals surface area (Å²) in [4.78, 5) is 28.0. The molecule has 0 spiro atoms. The third kappa shape index (κ3) is 5.18. The van der Waals surface area contributed by atoms with E-state index in [2.05, 4.69) is 20.4 Å². The van der Waals surface area contributed by atoms with Crippen molar-refractivity contribution >= 4 is 36.0 Å². The maximum absolute atomic E-state index is 11.9. The smallest absolute Gasteiger partial charge is 0.361 e. The second-order valence-corrected chi connectivity index (χ2v) is 10.7. The summed E-state index contributed by atoms with van der Waals surface area (Å²) < 4.78 is 29.9. The molecule has 33 heavy (non-hydrogen) atoms. The molecule has 2 aliphatic rings. The van der Waals surface area contributed by atoms with Gasteiger partial charge in [0.1, 0.15) is 5.82 Å². The normalized spacial score (nSPS) is 23.9. The van der Waals surface area contributed by atoms with Crippen LogP contribution in [0.5, 0.6) is 0 Å². The van der Waals surface area contributed by atoms with Crippen LogP contribution in [0.25, 0.3) is 11.0 Å². The van der Waals surface area contributed by atoms with Crippen molar-refractivity contribution in [2.45, 2.75) is 62.2 Å². The van der Waals surface area contributed by atoms with Gasteiger partial charge in [-0.15, -0.1) is 0 Å². The van der Waals surface area contributed by atoms with Crippen molar-refractivity contribution in [2.75, 3.05) is 32.2 Å². The molecule has 4 rings (SSSR count). The topological polar surface area (TPSA) is 161 Å². The number of fused-ring (bicyclic) bond motifs is 1. The summed E-state index contributed by atoms with van der Waals surface area (Å²) in [7, 11) is -3.53. The van der Waals surface area contributed by atoms with Gasteiger partial charge in [0.25, 0.3) is 0 Å². The highest BCUT2D eigenvalue weighted by atomic mass is 35.5. The van der Waals surface area contributed by atoms with Gasteiger partial charge in [-0.05, 0) is 37.3 Å². The lowest BCUT2D eigenvalue weighted by atomic mass is 10.2. The molecule has 3 atom stereocenters. The number of hydrogen-bond donors (Lipinski definition) is 4. The number of aliphatic hydroxyl groups excluding tert-OH is 1. The monoisotopic (exact) mass is 505 g/mol. The zero-order chi connectivity index (χ0) is 23.6. The molecule has 1 aliphatic carbocycles. The van der Waals surface area contributed by atoms with Crippen LogP contribution >= 0.6 is 19.2 Å². The number of anilines is 1. The predicted molar refractivity (Wildman–Crippen MR) is 119 cm³/mol. The number of hydrogen-bond acceptors (Lipinski definition) is 9. The number of aliphatic hydroxyl groups is 1. The van der Waals surface area contributed by atoms with Crippen LogP contribution in [0.4, 0.5) is 5.82 Å². The van der Waals surface area contributed by atoms with Crippen molar-refractivity contribution in [1.82, 2.24) is 19.7 Å². The summed E-state index contributed by atoms with van der Waals surface area (Å²) >= 11 is 6.19. The Labute approximate surface area is 195 Å². The molecular formula is C19H29ClN5O7P. The Kier molecular flexibility index (Phi) is 7.56. The molecular weight excluding hydrogens is 477 g/mol. The van der Waals surface area contributed by atoms with Gasteiger partial charge in [0.05, 0.1) is 37.5 Å². The van der Waals surface area contributed by atoms with Gasteiger partial charge in [0, 0.05) is 13.2 Å². The van der Waals surface area contributed by atoms with E-state index in [1.165, 1.54) is 20.0 Å². The molecule has 0 bridgehead atoms. The van der Waals surface area contributed by atoms with Crippen LogP contribution in [0.1, 0.15) is 44.8 Å². The minimum atomic E-state index is -4.81. The van der Waals surface area contributed by atoms with Crippen molar-refractivity contribution < 1.29 is 33.7 Å². The molecule has 4 N–H and O–H groups in total. The molecule has 3 heterocycles. The van der Waals surface area contributed by atoms with E-state index >= 15 is 0 Å². The lowest BCUT2D eigenvalue weighted by Crippen LogP contribution is -2.43. The summed E-state index contributed by atoms with van der Waals surface area (Å²) in [5.41, 5.74) is 0.543. The summed E-state index contributed by atoms with van der Waals surface area (Å²) in [6.07, 6.45) is 6.44. The predicted octanol–water partition coefficient (Wildman–Crippen LogP) is 2.04. The van der Waals surface area contributed by atoms with E-state index in [1.54, 1.807) is 10.9 Å². The van der Waals surface area contributed by atoms with E-state index in [4.69, 9.17) is 25.8 Å². The molecule has 2 aromatic heterocycles. The van der Waals surface area contributed by atoms with Gasteiger partial charge < -0.3 is 34.4 Å². The van der Waals surface area contributed by atoms with Gasteiger partial charge in [-0.2, -0.15) is 15.1 Å². The number of halogens is 1. The molecule has 0 radical (unpaired) electrons. The minimum Gasteiger partial charge on any atom is -0.393 e. The average molecular weight is 506 g/mol. The number of nitrogens with zero attached hydrogens (tertiary/aromatic N) is 4. The SMILES string of the molecule is COCC(CO)(OCC1CCC(n2ncc3c(NC4CCCC4)nc(Cl)nc32)O1)P(=O)(O)O. The Morgan fingerprint density at radius 1 is 1.30 bits per heavy atom. The number of nitrogens with one attached hydrogen (secondary N) is 1. The molecule has 3 unspecified atom stereocenters. The third-order valence-corrected chi connectivity index (χ3v) is 7.80. The fourth-order valence-corrected chi connectivity index (χ4v) is 5.23. The molecule has 1 saturated carbocycles. The van der Waals surface area contributed by atoms with E-state index < -0.39 is 38.5 Å². The molecule has 1 aliphatic heterocycles. The Morgan fingerprint density at radius 3 is 2.73 bits per heavy atom. The zero-order valence-corrected chi connectivity index (χ0v) is 19.9. The first-order chi connectivity index (χ1) is 15.8. The molecule has 14 heteroatoms. The maximum atomic E-state index is 11.9. The van der Waals surface area contributed by atoms with Crippen LogP contribution in [0.2, 0.25) is 5.28 Å². The molecule has 2 aromatic rings. The Hall–Kier alpha value is -1.37. The third-order valence-electron chi connectivity index (χ3n) is 6.17. The molecule has 0 aromatic carbocycles. The van der Waals surface area contributed by atoms with Crippen LogP contribution < -0.4 is 5.32 Å². The number of ether oxygens (including phenoxy) is 3. The van der Waals surface area contributed by atoms with Gasteiger partial charge >= 0.3 is 7.60 Å². The van der Waals surface area contributed by atoms with E-state index in [0.29, 0.717) is 30.3 Å². The summed E-state index contributed by atoms with van der Waals surface area (Å²) in [6.45, 7) is -1.48. The Bertz CT molecular complexity index is 1010. The van der Waals surface area contributed by atoms with Crippen LogP contribution in [0, 0.1) is 0 Å². The van der Waals surface area contributed by atoms with E-state index in [-0.39, 0.29) is 11.9 Å². The summed E-state index contributed by atoms with van der Waals surface area (Å²) in [6, 6.07) is 0.347. The lowest BCUT2D eigenvalue weighted by Gasteiger charge is -2.32. The first kappa shape index (κ1) is 24.7. The Balaban J connectivity index is 1.47. The molecule has 2 fully saturated rings. The van der Waals surface area contributed by atoms with Crippen molar-refractivity contribution in [3.05, 3.63) is 11.5 Å². The van der Waals surface area contributed by atoms with Gasteiger partial charge in [-0.1, -0.05) is 12.8 Å². The standard InChI is InChI=1S/C19H29ClN5O7P/c1-30-11-19(10-26,33(27,28)29)31-9-13-6-7-15(32-13)25-17-14(8-21-25)16(23-18(20)24-17)22-12-4-2-3-5-12/h8,12-13,15,26H,2-7,9-11H2,1H3,(H,22,23,24)(H2,27,28,29). The van der Waals surface area contributed by atoms with Gasteiger partial charge in [-0.3, -0.25) is 4.57 Å².